The van der Waals surface area contributed by atoms with Gasteiger partial charge in [-0.05, 0) is 33.6 Å². The second-order valence-electron chi connectivity index (χ2n) is 3.32. The first-order valence-corrected chi connectivity index (χ1v) is 5.38. The average Bonchev–Trinajstić information content (AvgIpc) is 2.68. The fraction of sp³-hybridized carbons (Fsp3) is 0.200. The maximum absolute atomic E-state index is 13.0. The van der Waals surface area contributed by atoms with Gasteiger partial charge in [-0.3, -0.25) is 0 Å². The van der Waals surface area contributed by atoms with Crippen molar-refractivity contribution in [3.8, 4) is 0 Å². The third-order valence-corrected chi connectivity index (χ3v) is 2.73. The Balaban J connectivity index is 2.33. The molecule has 0 saturated heterocycles. The minimum atomic E-state index is -0.519. The van der Waals surface area contributed by atoms with Crippen LogP contribution in [-0.2, 0) is 0 Å². The van der Waals surface area contributed by atoms with Crippen molar-refractivity contribution >= 4 is 15.9 Å². The van der Waals surface area contributed by atoms with Crippen molar-refractivity contribution in [1.82, 2.24) is 10.1 Å². The van der Waals surface area contributed by atoms with E-state index in [9.17, 15) is 4.39 Å². The van der Waals surface area contributed by atoms with Gasteiger partial charge in [0.2, 0.25) is 5.89 Å². The molecule has 0 fully saturated rings. The predicted molar refractivity (Wildman–Crippen MR) is 59.2 cm³/mol. The first-order valence-electron chi connectivity index (χ1n) is 4.58. The van der Waals surface area contributed by atoms with Gasteiger partial charge in [0.05, 0.1) is 10.5 Å². The van der Waals surface area contributed by atoms with Gasteiger partial charge < -0.3 is 10.3 Å². The van der Waals surface area contributed by atoms with Crippen LogP contribution in [0.2, 0.25) is 0 Å². The third kappa shape index (κ3) is 2.12. The van der Waals surface area contributed by atoms with E-state index in [0.717, 1.165) is 0 Å². The molecule has 0 aliphatic rings. The molecule has 0 aliphatic carbocycles. The Bertz CT molecular complexity index is 515. The summed E-state index contributed by atoms with van der Waals surface area (Å²) in [5.41, 5.74) is 6.64. The predicted octanol–water partition coefficient (Wildman–Crippen LogP) is 2.33. The summed E-state index contributed by atoms with van der Waals surface area (Å²) in [4.78, 5) is 4.03. The zero-order valence-corrected chi connectivity index (χ0v) is 10.0. The van der Waals surface area contributed by atoms with Crippen molar-refractivity contribution in [3.05, 3.63) is 45.8 Å². The summed E-state index contributed by atoms with van der Waals surface area (Å²) in [7, 11) is 0. The van der Waals surface area contributed by atoms with Crippen molar-refractivity contribution in [2.75, 3.05) is 0 Å². The van der Waals surface area contributed by atoms with E-state index in [-0.39, 0.29) is 5.82 Å². The first kappa shape index (κ1) is 11.2. The summed E-state index contributed by atoms with van der Waals surface area (Å²) in [6, 6.07) is 4.02. The summed E-state index contributed by atoms with van der Waals surface area (Å²) in [6.07, 6.45) is 0. The second-order valence-corrected chi connectivity index (χ2v) is 4.18. The molecule has 1 atom stereocenters. The number of aromatic nitrogens is 2. The van der Waals surface area contributed by atoms with Crippen LogP contribution in [0.3, 0.4) is 0 Å². The van der Waals surface area contributed by atoms with Gasteiger partial charge in [-0.2, -0.15) is 4.98 Å². The fourth-order valence-electron chi connectivity index (χ4n) is 1.30. The number of nitrogens with two attached hydrogens (primary N) is 1. The Kier molecular flexibility index (Phi) is 3.02. The maximum Gasteiger partial charge on any atom is 0.223 e. The van der Waals surface area contributed by atoms with Crippen LogP contribution in [0.4, 0.5) is 4.39 Å². The van der Waals surface area contributed by atoms with Gasteiger partial charge in [0.1, 0.15) is 5.82 Å². The largest absolute Gasteiger partial charge is 0.340 e. The van der Waals surface area contributed by atoms with Gasteiger partial charge in [0.25, 0.3) is 0 Å². The van der Waals surface area contributed by atoms with E-state index in [4.69, 9.17) is 10.3 Å². The zero-order chi connectivity index (χ0) is 11.7. The number of halogens is 2. The molecule has 2 rings (SSSR count). The number of hydrogen-bond acceptors (Lipinski definition) is 4. The lowest BCUT2D eigenvalue weighted by molar-refractivity contribution is 0.385. The summed E-state index contributed by atoms with van der Waals surface area (Å²) >= 11 is 3.10. The van der Waals surface area contributed by atoms with Gasteiger partial charge in [0, 0.05) is 6.92 Å². The maximum atomic E-state index is 13.0. The van der Waals surface area contributed by atoms with Crippen LogP contribution >= 0.6 is 15.9 Å². The van der Waals surface area contributed by atoms with Crippen LogP contribution < -0.4 is 5.73 Å². The number of aryl methyl sites for hydroxylation is 1. The highest BCUT2D eigenvalue weighted by Gasteiger charge is 2.15. The lowest BCUT2D eigenvalue weighted by Crippen LogP contribution is -2.13. The number of hydrogen-bond donors (Lipinski definition) is 1. The quantitative estimate of drug-likeness (QED) is 0.920. The molecule has 2 aromatic rings. The van der Waals surface area contributed by atoms with Gasteiger partial charge >= 0.3 is 0 Å². The summed E-state index contributed by atoms with van der Waals surface area (Å²) in [5, 5.41) is 3.72. The molecule has 16 heavy (non-hydrogen) atoms. The van der Waals surface area contributed by atoms with Crippen molar-refractivity contribution in [2.45, 2.75) is 13.0 Å². The standard InChI is InChI=1S/C10H9BrFN3O/c1-5-14-10(15-16-5)9(13)6-2-3-8(12)7(11)4-6/h2-4,9H,13H2,1H3. The van der Waals surface area contributed by atoms with Crippen molar-refractivity contribution in [3.63, 3.8) is 0 Å². The molecule has 6 heteroatoms. The molecule has 0 aliphatic heterocycles. The van der Waals surface area contributed by atoms with Crippen LogP contribution in [0.1, 0.15) is 23.3 Å². The molecule has 1 unspecified atom stereocenters. The number of rotatable bonds is 2. The first-order chi connectivity index (χ1) is 7.58. The van der Waals surface area contributed by atoms with E-state index in [0.29, 0.717) is 21.8 Å². The Labute approximate surface area is 99.8 Å². The van der Waals surface area contributed by atoms with E-state index < -0.39 is 6.04 Å². The average molecular weight is 286 g/mol. The lowest BCUT2D eigenvalue weighted by atomic mass is 10.1. The highest BCUT2D eigenvalue weighted by Crippen LogP contribution is 2.22. The zero-order valence-electron chi connectivity index (χ0n) is 8.45. The molecule has 0 bridgehead atoms. The van der Waals surface area contributed by atoms with Crippen LogP contribution in [0, 0.1) is 12.7 Å². The van der Waals surface area contributed by atoms with E-state index in [1.54, 1.807) is 19.1 Å². The minimum Gasteiger partial charge on any atom is -0.340 e. The number of nitrogens with zero attached hydrogens (tertiary/aromatic N) is 2. The Morgan fingerprint density at radius 2 is 2.25 bits per heavy atom. The molecule has 0 spiro atoms. The lowest BCUT2D eigenvalue weighted by Gasteiger charge is -2.07. The molecule has 1 aromatic heterocycles. The highest BCUT2D eigenvalue weighted by molar-refractivity contribution is 9.10. The van der Waals surface area contributed by atoms with Gasteiger partial charge in [-0.1, -0.05) is 11.2 Å². The molecule has 1 aromatic carbocycles. The number of benzene rings is 1. The van der Waals surface area contributed by atoms with E-state index in [1.807, 2.05) is 0 Å². The Hall–Kier alpha value is -1.27. The monoisotopic (exact) mass is 285 g/mol. The minimum absolute atomic E-state index is 0.333. The van der Waals surface area contributed by atoms with Crippen LogP contribution in [0.25, 0.3) is 0 Å². The van der Waals surface area contributed by atoms with E-state index in [1.165, 1.54) is 6.07 Å². The molecule has 2 N–H and O–H groups in total. The highest BCUT2D eigenvalue weighted by atomic mass is 79.9. The molecule has 84 valence electrons. The molecule has 0 amide bonds. The molecule has 1 heterocycles. The Morgan fingerprint density at radius 3 is 2.81 bits per heavy atom. The Morgan fingerprint density at radius 1 is 1.50 bits per heavy atom. The van der Waals surface area contributed by atoms with Gasteiger partial charge in [0.15, 0.2) is 5.82 Å². The molecular formula is C10H9BrFN3O. The second kappa shape index (κ2) is 4.31. The fourth-order valence-corrected chi connectivity index (χ4v) is 1.69. The topological polar surface area (TPSA) is 64.9 Å². The smallest absolute Gasteiger partial charge is 0.223 e. The summed E-state index contributed by atoms with van der Waals surface area (Å²) < 4.78 is 18.2. The van der Waals surface area contributed by atoms with E-state index >= 15 is 0 Å². The molecule has 0 radical (unpaired) electrons. The molecule has 4 nitrogen and oxygen atoms in total. The van der Waals surface area contributed by atoms with Crippen molar-refractivity contribution in [2.24, 2.45) is 5.73 Å². The SMILES string of the molecule is Cc1nc(C(N)c2ccc(F)c(Br)c2)no1. The molecule has 0 saturated carbocycles. The van der Waals surface area contributed by atoms with Crippen LogP contribution in [-0.4, -0.2) is 10.1 Å². The van der Waals surface area contributed by atoms with E-state index in [2.05, 4.69) is 26.1 Å². The summed E-state index contributed by atoms with van der Waals surface area (Å²) in [6.45, 7) is 1.68. The normalized spacial score (nSPS) is 12.8. The van der Waals surface area contributed by atoms with Gasteiger partial charge in [-0.25, -0.2) is 4.39 Å². The van der Waals surface area contributed by atoms with Gasteiger partial charge in [-0.15, -0.1) is 0 Å². The van der Waals surface area contributed by atoms with Crippen molar-refractivity contribution < 1.29 is 8.91 Å². The third-order valence-electron chi connectivity index (χ3n) is 2.12. The molecular weight excluding hydrogens is 277 g/mol. The van der Waals surface area contributed by atoms with Crippen molar-refractivity contribution in [1.29, 1.82) is 0 Å². The summed E-state index contributed by atoms with van der Waals surface area (Å²) in [5.74, 6) is 0.503. The van der Waals surface area contributed by atoms with Crippen LogP contribution in [0.15, 0.2) is 27.2 Å². The van der Waals surface area contributed by atoms with Crippen LogP contribution in [0.5, 0.6) is 0 Å².